The van der Waals surface area contributed by atoms with Crippen LogP contribution in [0.4, 0.5) is 13.2 Å². The number of benzene rings is 2. The third-order valence-electron chi connectivity index (χ3n) is 3.93. The van der Waals surface area contributed by atoms with Gasteiger partial charge in [-0.05, 0) is 37.5 Å². The molecule has 2 aromatic carbocycles. The molecular weight excluding hydrogens is 401 g/mol. The van der Waals surface area contributed by atoms with Gasteiger partial charge in [-0.25, -0.2) is 8.42 Å². The minimum absolute atomic E-state index is 0.465. The van der Waals surface area contributed by atoms with E-state index in [9.17, 15) is 13.2 Å². The third-order valence-corrected chi connectivity index (χ3v) is 7.04. The average Bonchev–Trinajstić information content (AvgIpc) is 3.12. The minimum Gasteiger partial charge on any atom is -0.741 e. The Kier molecular flexibility index (Phi) is 7.41. The highest BCUT2D eigenvalue weighted by Gasteiger charge is 2.37. The van der Waals surface area contributed by atoms with E-state index in [1.165, 1.54) is 35.1 Å². The molecule has 1 fully saturated rings. The molecule has 1 aliphatic heterocycles. The Morgan fingerprint density at radius 1 is 1.07 bits per heavy atom. The molecule has 1 heterocycles. The molecule has 4 nitrogen and oxygen atoms in total. The molecule has 0 saturated carbocycles. The number of rotatable bonds is 4. The zero-order valence-corrected chi connectivity index (χ0v) is 16.4. The predicted molar refractivity (Wildman–Crippen MR) is 100 cm³/mol. The number of alkyl halides is 3. The van der Waals surface area contributed by atoms with Crippen molar-refractivity contribution in [3.8, 4) is 5.75 Å². The highest BCUT2D eigenvalue weighted by Crippen LogP contribution is 2.33. The number of halogens is 3. The minimum atomic E-state index is -6.09. The van der Waals surface area contributed by atoms with Crippen molar-refractivity contribution >= 4 is 31.8 Å². The second-order valence-corrected chi connectivity index (χ2v) is 9.58. The highest BCUT2D eigenvalue weighted by atomic mass is 32.2. The van der Waals surface area contributed by atoms with Gasteiger partial charge in [-0.15, -0.1) is 0 Å². The van der Waals surface area contributed by atoms with Crippen molar-refractivity contribution in [1.82, 2.24) is 0 Å². The van der Waals surface area contributed by atoms with E-state index in [4.69, 9.17) is 17.7 Å². The molecule has 0 aromatic heterocycles. The molecule has 27 heavy (non-hydrogen) atoms. The Bertz CT molecular complexity index is 861. The lowest BCUT2D eigenvalue weighted by molar-refractivity contribution is -0.0517. The summed E-state index contributed by atoms with van der Waals surface area (Å²) in [5.74, 6) is 3.79. The first-order chi connectivity index (χ1) is 12.6. The van der Waals surface area contributed by atoms with Gasteiger partial charge in [0.1, 0.15) is 17.3 Å². The first kappa shape index (κ1) is 21.8. The molecule has 0 aliphatic carbocycles. The molecule has 2 aromatic rings. The topological polar surface area (TPSA) is 66.4 Å². The van der Waals surface area contributed by atoms with E-state index in [1.54, 1.807) is 4.90 Å². The summed E-state index contributed by atoms with van der Waals surface area (Å²) in [6.45, 7) is 2.95. The summed E-state index contributed by atoms with van der Waals surface area (Å²) >= 11 is 0. The van der Waals surface area contributed by atoms with Gasteiger partial charge in [0.05, 0.1) is 6.61 Å². The number of ether oxygens (including phenoxy) is 1. The van der Waals surface area contributed by atoms with Crippen LogP contribution in [-0.4, -0.2) is 36.6 Å². The van der Waals surface area contributed by atoms with E-state index in [-0.39, 0.29) is 0 Å². The Hall–Kier alpha value is -1.45. The lowest BCUT2D eigenvalue weighted by Crippen LogP contribution is -2.21. The molecule has 0 unspecified atom stereocenters. The largest absolute Gasteiger partial charge is 0.741 e. The third kappa shape index (κ3) is 5.76. The molecule has 3 rings (SSSR count). The van der Waals surface area contributed by atoms with Gasteiger partial charge in [0, 0.05) is 21.7 Å². The number of fused-ring (bicyclic) bond motifs is 1. The van der Waals surface area contributed by atoms with Gasteiger partial charge < -0.3 is 9.29 Å². The molecule has 150 valence electrons. The van der Waals surface area contributed by atoms with Crippen LogP contribution in [0.25, 0.3) is 10.8 Å². The lowest BCUT2D eigenvalue weighted by atomic mass is 10.1. The molecule has 9 heteroatoms. The fourth-order valence-corrected chi connectivity index (χ4v) is 5.23. The summed E-state index contributed by atoms with van der Waals surface area (Å²) in [5.41, 5.74) is -5.65. The van der Waals surface area contributed by atoms with E-state index in [0.29, 0.717) is 10.9 Å². The molecular formula is C18H21F3O4S2. The smallest absolute Gasteiger partial charge is 0.485 e. The van der Waals surface area contributed by atoms with Crippen molar-refractivity contribution in [1.29, 1.82) is 0 Å². The van der Waals surface area contributed by atoms with Crippen molar-refractivity contribution in [2.75, 3.05) is 18.1 Å². The molecule has 0 amide bonds. The predicted octanol–water partition coefficient (Wildman–Crippen LogP) is 4.45. The van der Waals surface area contributed by atoms with Crippen molar-refractivity contribution in [2.24, 2.45) is 0 Å². The molecule has 0 radical (unpaired) electrons. The van der Waals surface area contributed by atoms with Crippen LogP contribution in [0, 0.1) is 0 Å². The lowest BCUT2D eigenvalue weighted by Gasteiger charge is -2.10. The van der Waals surface area contributed by atoms with E-state index >= 15 is 0 Å². The fourth-order valence-electron chi connectivity index (χ4n) is 2.72. The van der Waals surface area contributed by atoms with Gasteiger partial charge in [0.25, 0.3) is 0 Å². The summed E-state index contributed by atoms with van der Waals surface area (Å²) in [4.78, 5) is 1.55. The van der Waals surface area contributed by atoms with Crippen LogP contribution >= 0.6 is 0 Å². The highest BCUT2D eigenvalue weighted by molar-refractivity contribution is 7.97. The van der Waals surface area contributed by atoms with E-state index in [0.717, 1.165) is 18.8 Å². The Morgan fingerprint density at radius 3 is 2.19 bits per heavy atom. The zero-order valence-electron chi connectivity index (χ0n) is 14.8. The Balaban J connectivity index is 0.000000279. The first-order valence-electron chi connectivity index (χ1n) is 8.49. The van der Waals surface area contributed by atoms with Crippen LogP contribution in [0.1, 0.15) is 26.2 Å². The van der Waals surface area contributed by atoms with Crippen molar-refractivity contribution < 1.29 is 30.9 Å². The van der Waals surface area contributed by atoms with Crippen LogP contribution in [0.2, 0.25) is 0 Å². The summed E-state index contributed by atoms with van der Waals surface area (Å²) in [6.07, 6.45) is 3.84. The zero-order chi connectivity index (χ0) is 20.1. The monoisotopic (exact) mass is 422 g/mol. The standard InChI is InChI=1S/C17H21OS.CHF3O3S/c1-2-11-18-16-9-5-8-15-14(16)7-6-10-17(15)19-12-3-4-13-19;2-1(3,4)8(5,6)7/h5-10H,2-4,11-13H2,1H3;(H,5,6,7)/q+1;/p-1. The maximum Gasteiger partial charge on any atom is 0.485 e. The van der Waals surface area contributed by atoms with Crippen molar-refractivity contribution in [3.63, 3.8) is 0 Å². The maximum absolute atomic E-state index is 10.7. The maximum atomic E-state index is 10.7. The first-order valence-corrected chi connectivity index (χ1v) is 11.5. The van der Waals surface area contributed by atoms with Gasteiger partial charge in [0.2, 0.25) is 0 Å². The van der Waals surface area contributed by atoms with Gasteiger partial charge in [-0.2, -0.15) is 13.2 Å². The van der Waals surface area contributed by atoms with Crippen molar-refractivity contribution in [2.45, 2.75) is 36.6 Å². The summed E-state index contributed by atoms with van der Waals surface area (Å²) in [7, 11) is -5.63. The second-order valence-electron chi connectivity index (χ2n) is 5.96. The van der Waals surface area contributed by atoms with E-state index < -0.39 is 15.6 Å². The molecule has 1 saturated heterocycles. The number of hydrogen-bond donors (Lipinski definition) is 0. The quantitative estimate of drug-likeness (QED) is 0.415. The van der Waals surface area contributed by atoms with Crippen LogP contribution in [0.15, 0.2) is 41.3 Å². The van der Waals surface area contributed by atoms with Crippen LogP contribution in [0.5, 0.6) is 5.75 Å². The average molecular weight is 422 g/mol. The fraction of sp³-hybridized carbons (Fsp3) is 0.444. The molecule has 1 aliphatic rings. The Labute approximate surface area is 159 Å². The van der Waals surface area contributed by atoms with E-state index in [2.05, 4.69) is 43.3 Å². The van der Waals surface area contributed by atoms with Gasteiger partial charge in [-0.1, -0.05) is 25.1 Å². The summed E-state index contributed by atoms with van der Waals surface area (Å²) < 4.78 is 64.8. The second kappa shape index (κ2) is 9.16. The summed E-state index contributed by atoms with van der Waals surface area (Å²) in [5, 5.41) is 2.69. The molecule has 0 bridgehead atoms. The van der Waals surface area contributed by atoms with Crippen LogP contribution in [-0.2, 0) is 21.0 Å². The normalized spacial score (nSPS) is 15.4. The van der Waals surface area contributed by atoms with Gasteiger partial charge in [-0.3, -0.25) is 0 Å². The molecule has 0 N–H and O–H groups in total. The van der Waals surface area contributed by atoms with Crippen LogP contribution in [0.3, 0.4) is 0 Å². The summed E-state index contributed by atoms with van der Waals surface area (Å²) in [6, 6.07) is 13.2. The molecule has 0 atom stereocenters. The van der Waals surface area contributed by atoms with Crippen molar-refractivity contribution in [3.05, 3.63) is 36.4 Å². The van der Waals surface area contributed by atoms with Crippen LogP contribution < -0.4 is 4.74 Å². The molecule has 0 spiro atoms. The number of hydrogen-bond acceptors (Lipinski definition) is 4. The van der Waals surface area contributed by atoms with Gasteiger partial charge in [0.15, 0.2) is 15.0 Å². The Morgan fingerprint density at radius 2 is 1.63 bits per heavy atom. The van der Waals surface area contributed by atoms with E-state index in [1.807, 2.05) is 0 Å². The van der Waals surface area contributed by atoms with Gasteiger partial charge >= 0.3 is 5.51 Å². The SMILES string of the molecule is CCCOc1cccc2c([S+]3CCCC3)cccc12.O=S(=O)([O-])C(F)(F)F.